The zero-order chi connectivity index (χ0) is 15.2. The Labute approximate surface area is 120 Å². The number of nitrogens with two attached hydrogens (primary N) is 1. The maximum atomic E-state index is 12.5. The van der Waals surface area contributed by atoms with Crippen molar-refractivity contribution in [1.29, 1.82) is 0 Å². The number of aliphatic hydroxyl groups is 1. The number of hydrogen-bond acceptors (Lipinski definition) is 4. The molecule has 0 aromatic heterocycles. The van der Waals surface area contributed by atoms with E-state index in [9.17, 15) is 9.90 Å². The molecule has 1 aromatic carbocycles. The van der Waals surface area contributed by atoms with E-state index in [-0.39, 0.29) is 25.0 Å². The zero-order valence-electron chi connectivity index (χ0n) is 12.6. The van der Waals surface area contributed by atoms with Crippen LogP contribution in [-0.4, -0.2) is 30.8 Å². The van der Waals surface area contributed by atoms with E-state index in [0.29, 0.717) is 13.0 Å². The Bertz CT molecular complexity index is 447. The Hall–Kier alpha value is -1.39. The van der Waals surface area contributed by atoms with Gasteiger partial charge in [0.25, 0.3) is 0 Å². The lowest BCUT2D eigenvalue weighted by Gasteiger charge is -2.33. The number of ether oxygens (including phenoxy) is 1. The summed E-state index contributed by atoms with van der Waals surface area (Å²) < 4.78 is 5.24. The SMILES string of the molecule is CCOC(=O)C(CN)(CC(C)CO)c1cccc(C)c1. The van der Waals surface area contributed by atoms with E-state index in [1.54, 1.807) is 6.92 Å². The Morgan fingerprint density at radius 2 is 2.20 bits per heavy atom. The summed E-state index contributed by atoms with van der Waals surface area (Å²) in [5, 5.41) is 9.31. The third-order valence-electron chi connectivity index (χ3n) is 3.59. The fraction of sp³-hybridized carbons (Fsp3) is 0.562. The molecule has 0 aliphatic heterocycles. The topological polar surface area (TPSA) is 72.5 Å². The van der Waals surface area contributed by atoms with Crippen LogP contribution in [0.2, 0.25) is 0 Å². The Morgan fingerprint density at radius 1 is 1.50 bits per heavy atom. The van der Waals surface area contributed by atoms with E-state index < -0.39 is 5.41 Å². The van der Waals surface area contributed by atoms with Gasteiger partial charge in [0.2, 0.25) is 0 Å². The molecule has 0 bridgehead atoms. The predicted molar refractivity (Wildman–Crippen MR) is 79.4 cm³/mol. The maximum absolute atomic E-state index is 12.5. The lowest BCUT2D eigenvalue weighted by Crippen LogP contribution is -2.46. The lowest BCUT2D eigenvalue weighted by molar-refractivity contribution is -0.150. The summed E-state index contributed by atoms with van der Waals surface area (Å²) in [6.45, 7) is 6.17. The van der Waals surface area contributed by atoms with Gasteiger partial charge in [0.15, 0.2) is 0 Å². The minimum Gasteiger partial charge on any atom is -0.465 e. The molecule has 4 nitrogen and oxygen atoms in total. The van der Waals surface area contributed by atoms with Gasteiger partial charge in [-0.15, -0.1) is 0 Å². The summed E-state index contributed by atoms with van der Waals surface area (Å²) >= 11 is 0. The van der Waals surface area contributed by atoms with Crippen molar-refractivity contribution >= 4 is 5.97 Å². The second kappa shape index (κ2) is 7.41. The first-order valence-electron chi connectivity index (χ1n) is 7.05. The molecule has 1 aromatic rings. The molecule has 112 valence electrons. The smallest absolute Gasteiger partial charge is 0.317 e. The van der Waals surface area contributed by atoms with Gasteiger partial charge in [-0.05, 0) is 31.7 Å². The lowest BCUT2D eigenvalue weighted by atomic mass is 9.73. The third-order valence-corrected chi connectivity index (χ3v) is 3.59. The minimum absolute atomic E-state index is 0.0208. The molecule has 0 amide bonds. The summed E-state index contributed by atoms with van der Waals surface area (Å²) in [5.41, 5.74) is 6.99. The first-order chi connectivity index (χ1) is 9.50. The summed E-state index contributed by atoms with van der Waals surface area (Å²) in [6.07, 6.45) is 0.474. The van der Waals surface area contributed by atoms with Gasteiger partial charge in [-0.1, -0.05) is 36.8 Å². The van der Waals surface area contributed by atoms with Gasteiger partial charge in [0.05, 0.1) is 6.61 Å². The highest BCUT2D eigenvalue weighted by Gasteiger charge is 2.41. The normalized spacial score (nSPS) is 15.4. The third kappa shape index (κ3) is 3.58. The van der Waals surface area contributed by atoms with E-state index >= 15 is 0 Å². The number of carbonyl (C=O) groups is 1. The maximum Gasteiger partial charge on any atom is 0.317 e. The molecule has 0 spiro atoms. The number of aryl methyl sites for hydroxylation is 1. The number of aliphatic hydroxyl groups excluding tert-OH is 1. The molecule has 0 fully saturated rings. The van der Waals surface area contributed by atoms with Gasteiger partial charge >= 0.3 is 5.97 Å². The second-order valence-corrected chi connectivity index (χ2v) is 5.37. The molecular formula is C16H25NO3. The quantitative estimate of drug-likeness (QED) is 0.746. The monoisotopic (exact) mass is 279 g/mol. The van der Waals surface area contributed by atoms with E-state index in [4.69, 9.17) is 10.5 Å². The first kappa shape index (κ1) is 16.7. The fourth-order valence-electron chi connectivity index (χ4n) is 2.47. The molecule has 0 radical (unpaired) electrons. The van der Waals surface area contributed by atoms with Gasteiger partial charge in [0.1, 0.15) is 5.41 Å². The Morgan fingerprint density at radius 3 is 2.70 bits per heavy atom. The number of rotatable bonds is 7. The van der Waals surface area contributed by atoms with Crippen molar-refractivity contribution in [2.75, 3.05) is 19.8 Å². The molecule has 0 saturated heterocycles. The number of carbonyl (C=O) groups excluding carboxylic acids is 1. The van der Waals surface area contributed by atoms with Crippen LogP contribution in [-0.2, 0) is 14.9 Å². The van der Waals surface area contributed by atoms with Crippen molar-refractivity contribution in [2.45, 2.75) is 32.6 Å². The fourth-order valence-corrected chi connectivity index (χ4v) is 2.47. The molecule has 3 N–H and O–H groups in total. The van der Waals surface area contributed by atoms with Crippen LogP contribution in [0.15, 0.2) is 24.3 Å². The second-order valence-electron chi connectivity index (χ2n) is 5.37. The van der Waals surface area contributed by atoms with Crippen molar-refractivity contribution < 1.29 is 14.6 Å². The van der Waals surface area contributed by atoms with Crippen molar-refractivity contribution in [1.82, 2.24) is 0 Å². The van der Waals surface area contributed by atoms with Crippen LogP contribution in [0.3, 0.4) is 0 Å². The molecule has 20 heavy (non-hydrogen) atoms. The van der Waals surface area contributed by atoms with Crippen LogP contribution in [0.5, 0.6) is 0 Å². The summed E-state index contributed by atoms with van der Waals surface area (Å²) in [7, 11) is 0. The van der Waals surface area contributed by atoms with Gasteiger partial charge < -0.3 is 15.6 Å². The predicted octanol–water partition coefficient (Wildman–Crippen LogP) is 1.77. The number of hydrogen-bond donors (Lipinski definition) is 2. The zero-order valence-corrected chi connectivity index (χ0v) is 12.6. The summed E-state index contributed by atoms with van der Waals surface area (Å²) in [5.74, 6) is -0.336. The number of esters is 1. The molecule has 0 heterocycles. The molecular weight excluding hydrogens is 254 g/mol. The molecule has 1 rings (SSSR count). The van der Waals surface area contributed by atoms with Crippen molar-refractivity contribution in [3.63, 3.8) is 0 Å². The van der Waals surface area contributed by atoms with Crippen LogP contribution >= 0.6 is 0 Å². The largest absolute Gasteiger partial charge is 0.465 e. The highest BCUT2D eigenvalue weighted by atomic mass is 16.5. The van der Waals surface area contributed by atoms with Crippen LogP contribution in [0.4, 0.5) is 0 Å². The van der Waals surface area contributed by atoms with Crippen molar-refractivity contribution in [3.05, 3.63) is 35.4 Å². The average molecular weight is 279 g/mol. The van der Waals surface area contributed by atoms with Gasteiger partial charge in [-0.3, -0.25) is 4.79 Å². The van der Waals surface area contributed by atoms with E-state index in [1.807, 2.05) is 38.1 Å². The summed E-state index contributed by atoms with van der Waals surface area (Å²) in [4.78, 5) is 12.5. The van der Waals surface area contributed by atoms with Crippen molar-refractivity contribution in [3.8, 4) is 0 Å². The van der Waals surface area contributed by atoms with Crippen LogP contribution < -0.4 is 5.73 Å². The highest BCUT2D eigenvalue weighted by Crippen LogP contribution is 2.32. The Kier molecular flexibility index (Phi) is 6.17. The summed E-state index contributed by atoms with van der Waals surface area (Å²) in [6, 6.07) is 7.76. The van der Waals surface area contributed by atoms with Crippen LogP contribution in [0, 0.1) is 12.8 Å². The van der Waals surface area contributed by atoms with E-state index in [1.165, 1.54) is 0 Å². The van der Waals surface area contributed by atoms with E-state index in [2.05, 4.69) is 0 Å². The molecule has 4 heteroatoms. The van der Waals surface area contributed by atoms with Gasteiger partial charge in [0, 0.05) is 13.2 Å². The van der Waals surface area contributed by atoms with Crippen LogP contribution in [0.1, 0.15) is 31.4 Å². The molecule has 0 aliphatic rings. The number of benzene rings is 1. The Balaban J connectivity index is 3.26. The molecule has 2 atom stereocenters. The highest BCUT2D eigenvalue weighted by molar-refractivity contribution is 5.83. The van der Waals surface area contributed by atoms with E-state index in [0.717, 1.165) is 11.1 Å². The van der Waals surface area contributed by atoms with Gasteiger partial charge in [-0.2, -0.15) is 0 Å². The molecule has 2 unspecified atom stereocenters. The molecule has 0 saturated carbocycles. The standard InChI is InChI=1S/C16H25NO3/c1-4-20-15(19)16(11-17,9-13(3)10-18)14-7-5-6-12(2)8-14/h5-8,13,18H,4,9-11,17H2,1-3H3. The van der Waals surface area contributed by atoms with Crippen LogP contribution in [0.25, 0.3) is 0 Å². The van der Waals surface area contributed by atoms with Gasteiger partial charge in [-0.25, -0.2) is 0 Å². The average Bonchev–Trinajstić information content (AvgIpc) is 2.44. The first-order valence-corrected chi connectivity index (χ1v) is 7.05. The minimum atomic E-state index is -0.885. The van der Waals surface area contributed by atoms with Crippen molar-refractivity contribution in [2.24, 2.45) is 11.7 Å². The molecule has 0 aliphatic carbocycles.